The Labute approximate surface area is 113 Å². The molecule has 112 valence electrons. The van der Waals surface area contributed by atoms with Gasteiger partial charge < -0.3 is 35.8 Å². The van der Waals surface area contributed by atoms with E-state index < -0.39 is 36.7 Å². The molecule has 0 bridgehead atoms. The van der Waals surface area contributed by atoms with E-state index in [1.54, 1.807) is 0 Å². The molecule has 0 saturated carbocycles. The summed E-state index contributed by atoms with van der Waals surface area (Å²) in [6.07, 6.45) is -4.65. The summed E-state index contributed by atoms with van der Waals surface area (Å²) in [5, 5.41) is 30.9. The van der Waals surface area contributed by atoms with E-state index >= 15 is 0 Å². The van der Waals surface area contributed by atoms with Gasteiger partial charge in [0.25, 0.3) is 11.6 Å². The summed E-state index contributed by atoms with van der Waals surface area (Å²) < 4.78 is 9.92. The second-order valence-corrected chi connectivity index (χ2v) is 4.24. The molecule has 0 aliphatic carbocycles. The molecule has 7 N–H and O–H groups in total. The van der Waals surface area contributed by atoms with Crippen molar-refractivity contribution in [3.05, 3.63) is 10.4 Å². The average Bonchev–Trinajstić information content (AvgIpc) is 2.70. The van der Waals surface area contributed by atoms with Gasteiger partial charge in [-0.3, -0.25) is 9.78 Å². The topological polar surface area (TPSA) is 163 Å². The van der Waals surface area contributed by atoms with Crippen molar-refractivity contribution < 1.29 is 24.8 Å². The predicted octanol–water partition coefficient (Wildman–Crippen LogP) is -2.79. The molecule has 1 saturated heterocycles. The predicted molar refractivity (Wildman–Crippen MR) is 67.2 cm³/mol. The van der Waals surface area contributed by atoms with E-state index in [1.165, 1.54) is 7.11 Å². The van der Waals surface area contributed by atoms with E-state index in [2.05, 4.69) is 15.3 Å². The van der Waals surface area contributed by atoms with Crippen LogP contribution < -0.4 is 21.3 Å². The van der Waals surface area contributed by atoms with Crippen LogP contribution in [0.3, 0.4) is 0 Å². The van der Waals surface area contributed by atoms with Crippen molar-refractivity contribution in [2.75, 3.05) is 24.8 Å². The number of nitrogens with one attached hydrogen (secondary N) is 2. The van der Waals surface area contributed by atoms with E-state index in [0.717, 1.165) is 0 Å². The van der Waals surface area contributed by atoms with Crippen LogP contribution in [-0.2, 0) is 4.74 Å². The summed E-state index contributed by atoms with van der Waals surface area (Å²) in [6.45, 7) is -0.469. The van der Waals surface area contributed by atoms with Crippen LogP contribution in [0.1, 0.15) is 0 Å². The van der Waals surface area contributed by atoms with Crippen molar-refractivity contribution in [1.29, 1.82) is 0 Å². The van der Waals surface area contributed by atoms with Crippen molar-refractivity contribution in [3.63, 3.8) is 0 Å². The van der Waals surface area contributed by atoms with Gasteiger partial charge in [0.2, 0.25) is 0 Å². The Kier molecular flexibility index (Phi) is 4.09. The number of aromatic amines is 1. The quantitative estimate of drug-likeness (QED) is 0.343. The van der Waals surface area contributed by atoms with Gasteiger partial charge in [0.15, 0.2) is 12.0 Å². The molecule has 1 aliphatic heterocycles. The number of nitrogen functional groups attached to an aromatic ring is 1. The number of aliphatic hydroxyl groups is 3. The molecule has 2 rings (SSSR count). The Morgan fingerprint density at radius 2 is 2.20 bits per heavy atom. The molecule has 4 atom stereocenters. The largest absolute Gasteiger partial charge is 0.468 e. The fourth-order valence-electron chi connectivity index (χ4n) is 1.87. The molecule has 20 heavy (non-hydrogen) atoms. The highest BCUT2D eigenvalue weighted by Gasteiger charge is 2.42. The van der Waals surface area contributed by atoms with Gasteiger partial charge in [-0.15, -0.1) is 0 Å². The Hall–Kier alpha value is -1.88. The molecule has 1 fully saturated rings. The molecule has 1 aliphatic rings. The number of anilines is 2. The smallest absolute Gasteiger partial charge is 0.298 e. The first kappa shape index (κ1) is 14.5. The molecule has 1 aromatic heterocycles. The highest BCUT2D eigenvalue weighted by molar-refractivity contribution is 5.60. The van der Waals surface area contributed by atoms with Gasteiger partial charge in [-0.05, 0) is 0 Å². The Balaban J connectivity index is 2.21. The first-order chi connectivity index (χ1) is 9.47. The summed E-state index contributed by atoms with van der Waals surface area (Å²) in [6, 6.07) is -0.0563. The number of hydrogen-bond donors (Lipinski definition) is 6. The normalized spacial score (nSPS) is 29.4. The Morgan fingerprint density at radius 3 is 2.70 bits per heavy atom. The first-order valence-corrected chi connectivity index (χ1v) is 5.80. The molecule has 1 aromatic rings. The molecule has 0 amide bonds. The second kappa shape index (κ2) is 5.63. The maximum Gasteiger partial charge on any atom is 0.298 e. The highest BCUT2D eigenvalue weighted by atomic mass is 16.6. The van der Waals surface area contributed by atoms with Crippen molar-refractivity contribution in [2.24, 2.45) is 0 Å². The second-order valence-electron chi connectivity index (χ2n) is 4.24. The lowest BCUT2D eigenvalue weighted by Crippen LogP contribution is -2.38. The van der Waals surface area contributed by atoms with Gasteiger partial charge in [-0.1, -0.05) is 0 Å². The summed E-state index contributed by atoms with van der Waals surface area (Å²) in [5.41, 5.74) is 4.86. The fraction of sp³-hybridized carbons (Fsp3) is 0.600. The van der Waals surface area contributed by atoms with Crippen LogP contribution in [0.2, 0.25) is 0 Å². The van der Waals surface area contributed by atoms with Gasteiger partial charge in [-0.2, -0.15) is 4.98 Å². The highest BCUT2D eigenvalue weighted by Crippen LogP contribution is 2.23. The average molecular weight is 288 g/mol. The summed E-state index contributed by atoms with van der Waals surface area (Å²) in [5.74, 6) is -0.150. The van der Waals surface area contributed by atoms with Gasteiger partial charge in [-0.25, -0.2) is 0 Å². The molecule has 2 heterocycles. The van der Waals surface area contributed by atoms with Crippen LogP contribution in [0.5, 0.6) is 6.01 Å². The molecule has 0 aromatic carbocycles. The number of ether oxygens (including phenoxy) is 2. The first-order valence-electron chi connectivity index (χ1n) is 5.80. The maximum atomic E-state index is 11.8. The summed E-state index contributed by atoms with van der Waals surface area (Å²) >= 11 is 0. The minimum atomic E-state index is -1.33. The van der Waals surface area contributed by atoms with E-state index in [-0.39, 0.29) is 17.5 Å². The van der Waals surface area contributed by atoms with Crippen molar-refractivity contribution in [1.82, 2.24) is 9.97 Å². The maximum absolute atomic E-state index is 11.8. The van der Waals surface area contributed by atoms with E-state index in [9.17, 15) is 15.0 Å². The third kappa shape index (κ3) is 2.54. The minimum Gasteiger partial charge on any atom is -0.468 e. The van der Waals surface area contributed by atoms with Crippen LogP contribution in [0, 0.1) is 0 Å². The number of aliphatic hydroxyl groups excluding tert-OH is 3. The minimum absolute atomic E-state index is 0.0563. The third-order valence-electron chi connectivity index (χ3n) is 2.95. The molecule has 10 heteroatoms. The number of nitrogens with two attached hydrogens (primary N) is 1. The number of methoxy groups -OCH3 is 1. The molecular formula is C10H16N4O6. The van der Waals surface area contributed by atoms with Crippen LogP contribution in [0.4, 0.5) is 11.5 Å². The van der Waals surface area contributed by atoms with Gasteiger partial charge in [0.1, 0.15) is 24.0 Å². The Bertz CT molecular complexity index is 535. The van der Waals surface area contributed by atoms with Crippen LogP contribution in [-0.4, -0.2) is 63.5 Å². The lowest BCUT2D eigenvalue weighted by molar-refractivity contribution is -0.0153. The number of nitrogens with zero attached hydrogens (tertiary/aromatic N) is 1. The van der Waals surface area contributed by atoms with E-state index in [4.69, 9.17) is 20.3 Å². The molecular weight excluding hydrogens is 272 g/mol. The zero-order valence-corrected chi connectivity index (χ0v) is 10.6. The Morgan fingerprint density at radius 1 is 1.50 bits per heavy atom. The fourth-order valence-corrected chi connectivity index (χ4v) is 1.87. The zero-order chi connectivity index (χ0) is 14.9. The molecule has 10 nitrogen and oxygen atoms in total. The summed E-state index contributed by atoms with van der Waals surface area (Å²) in [4.78, 5) is 17.9. The lowest BCUT2D eigenvalue weighted by atomic mass is 10.1. The monoisotopic (exact) mass is 288 g/mol. The van der Waals surface area contributed by atoms with Crippen LogP contribution >= 0.6 is 0 Å². The van der Waals surface area contributed by atoms with Gasteiger partial charge in [0, 0.05) is 0 Å². The molecule has 1 unspecified atom stereocenters. The summed E-state index contributed by atoms with van der Waals surface area (Å²) in [7, 11) is 1.32. The van der Waals surface area contributed by atoms with Crippen molar-refractivity contribution >= 4 is 11.5 Å². The number of H-pyrrole nitrogens is 1. The molecule has 0 radical (unpaired) electrons. The third-order valence-corrected chi connectivity index (χ3v) is 2.95. The zero-order valence-electron chi connectivity index (χ0n) is 10.6. The number of hydrogen-bond acceptors (Lipinski definition) is 9. The van der Waals surface area contributed by atoms with Gasteiger partial charge >= 0.3 is 0 Å². The van der Waals surface area contributed by atoms with Crippen molar-refractivity contribution in [3.8, 4) is 6.01 Å². The van der Waals surface area contributed by atoms with E-state index in [1.807, 2.05) is 0 Å². The van der Waals surface area contributed by atoms with E-state index in [0.29, 0.717) is 0 Å². The SMILES string of the molecule is COc1nc(N)c(NC2O[C@@H](CO)[C@@H](O)[C@@H]2O)c(=O)[nH]1. The molecule has 0 spiro atoms. The van der Waals surface area contributed by atoms with Crippen LogP contribution in [0.15, 0.2) is 4.79 Å². The number of aromatic nitrogens is 2. The van der Waals surface area contributed by atoms with Crippen molar-refractivity contribution in [2.45, 2.75) is 24.5 Å². The lowest BCUT2D eigenvalue weighted by Gasteiger charge is -2.17. The van der Waals surface area contributed by atoms with Gasteiger partial charge in [0.05, 0.1) is 13.7 Å². The standard InChI is InChI=1S/C10H16N4O6/c1-19-10-13-7(11)4(8(18)14-10)12-9-6(17)5(16)3(2-15)20-9/h3,5-6,9,12,15-17H,2H2,1H3,(H3,11,13,14,18)/t3-,5+,6-,9?/m0/s1. The number of rotatable bonds is 4. The van der Waals surface area contributed by atoms with Crippen LogP contribution in [0.25, 0.3) is 0 Å².